The van der Waals surface area contributed by atoms with Gasteiger partial charge in [0.25, 0.3) is 0 Å². The van der Waals surface area contributed by atoms with E-state index >= 15 is 0 Å². The molecule has 0 bridgehead atoms. The van der Waals surface area contributed by atoms with Gasteiger partial charge in [0.15, 0.2) is 5.82 Å². The Morgan fingerprint density at radius 3 is 2.50 bits per heavy atom. The van der Waals surface area contributed by atoms with Crippen molar-refractivity contribution in [2.45, 2.75) is 19.5 Å². The molecule has 0 aliphatic carbocycles. The second-order valence-corrected chi connectivity index (χ2v) is 7.87. The highest BCUT2D eigenvalue weighted by Gasteiger charge is 2.26. The predicted octanol–water partition coefficient (Wildman–Crippen LogP) is 5.06. The van der Waals surface area contributed by atoms with E-state index in [4.69, 9.17) is 11.5 Å². The minimum atomic E-state index is -4.44. The Balaban J connectivity index is 1.98. The number of aryl methyl sites for hydroxylation is 1. The lowest BCUT2D eigenvalue weighted by Gasteiger charge is -2.09. The van der Waals surface area contributed by atoms with Gasteiger partial charge in [-0.15, -0.1) is 0 Å². The first kappa shape index (κ1) is 26.3. The van der Waals surface area contributed by atoms with Gasteiger partial charge < -0.3 is 16.5 Å². The van der Waals surface area contributed by atoms with Gasteiger partial charge in [-0.05, 0) is 54.5 Å². The van der Waals surface area contributed by atoms with Crippen molar-refractivity contribution in [3.8, 4) is 11.3 Å². The molecule has 3 rings (SSSR count). The third kappa shape index (κ3) is 6.44. The van der Waals surface area contributed by atoms with Crippen molar-refractivity contribution in [2.75, 3.05) is 6.54 Å². The molecular formula is C25H22F5N5O. The van der Waals surface area contributed by atoms with E-state index in [1.165, 1.54) is 12.3 Å². The zero-order chi connectivity index (χ0) is 26.6. The SMILES string of the molecule is C=C(C(N)=CC(=NCCC(F)(F)F)c1ncc(-c2ccc(C(N)=O)c(C)c2)[nH]1)c1cc(F)ccc1F. The van der Waals surface area contributed by atoms with Crippen LogP contribution < -0.4 is 11.5 Å². The maximum absolute atomic E-state index is 14.2. The number of hydrogen-bond acceptors (Lipinski definition) is 4. The highest BCUT2D eigenvalue weighted by molar-refractivity contribution is 6.08. The predicted molar refractivity (Wildman–Crippen MR) is 127 cm³/mol. The van der Waals surface area contributed by atoms with E-state index in [1.54, 1.807) is 25.1 Å². The number of allylic oxidation sites excluding steroid dienone is 2. The molecule has 36 heavy (non-hydrogen) atoms. The lowest BCUT2D eigenvalue weighted by atomic mass is 10.0. The molecular weight excluding hydrogens is 481 g/mol. The van der Waals surface area contributed by atoms with Crippen molar-refractivity contribution in [1.82, 2.24) is 9.97 Å². The fraction of sp³-hybridized carbons (Fsp3) is 0.160. The van der Waals surface area contributed by atoms with E-state index in [1.807, 2.05) is 0 Å². The van der Waals surface area contributed by atoms with Gasteiger partial charge in [-0.3, -0.25) is 9.79 Å². The van der Waals surface area contributed by atoms with Crippen LogP contribution in [-0.4, -0.2) is 34.3 Å². The van der Waals surface area contributed by atoms with Gasteiger partial charge >= 0.3 is 6.18 Å². The van der Waals surface area contributed by atoms with Crippen LogP contribution in [0.4, 0.5) is 22.0 Å². The van der Waals surface area contributed by atoms with Crippen LogP contribution in [0.1, 0.15) is 33.7 Å². The van der Waals surface area contributed by atoms with Crippen LogP contribution in [-0.2, 0) is 0 Å². The number of aromatic amines is 1. The van der Waals surface area contributed by atoms with Gasteiger partial charge in [0.1, 0.15) is 17.3 Å². The highest BCUT2D eigenvalue weighted by Crippen LogP contribution is 2.25. The van der Waals surface area contributed by atoms with E-state index < -0.39 is 36.7 Å². The molecule has 11 heteroatoms. The van der Waals surface area contributed by atoms with Gasteiger partial charge in [-0.2, -0.15) is 13.2 Å². The molecule has 3 aromatic rings. The Hall–Kier alpha value is -4.28. The number of imidazole rings is 1. The second-order valence-electron chi connectivity index (χ2n) is 7.87. The summed E-state index contributed by atoms with van der Waals surface area (Å²) in [6.07, 6.45) is -3.01. The van der Waals surface area contributed by atoms with Crippen molar-refractivity contribution >= 4 is 17.2 Å². The first-order valence-corrected chi connectivity index (χ1v) is 10.5. The highest BCUT2D eigenvalue weighted by atomic mass is 19.4. The average molecular weight is 503 g/mol. The normalized spacial score (nSPS) is 12.6. The van der Waals surface area contributed by atoms with E-state index in [9.17, 15) is 26.7 Å². The molecule has 0 saturated heterocycles. The van der Waals surface area contributed by atoms with Crippen LogP contribution in [0.3, 0.4) is 0 Å². The molecule has 0 spiro atoms. The smallest absolute Gasteiger partial charge is 0.390 e. The summed E-state index contributed by atoms with van der Waals surface area (Å²) in [5, 5.41) is 0. The summed E-state index contributed by atoms with van der Waals surface area (Å²) in [7, 11) is 0. The fourth-order valence-corrected chi connectivity index (χ4v) is 3.32. The molecule has 1 aromatic heterocycles. The molecule has 0 aliphatic rings. The number of H-pyrrole nitrogens is 1. The molecule has 1 heterocycles. The largest absolute Gasteiger partial charge is 0.398 e. The Bertz CT molecular complexity index is 1370. The molecule has 0 fully saturated rings. The molecule has 0 atom stereocenters. The Morgan fingerprint density at radius 1 is 1.14 bits per heavy atom. The topological polar surface area (TPSA) is 110 Å². The van der Waals surface area contributed by atoms with Gasteiger partial charge in [0.2, 0.25) is 5.91 Å². The summed E-state index contributed by atoms with van der Waals surface area (Å²) in [4.78, 5) is 22.6. The number of halogens is 5. The van der Waals surface area contributed by atoms with Crippen LogP contribution in [0, 0.1) is 18.6 Å². The van der Waals surface area contributed by atoms with Crippen molar-refractivity contribution < 1.29 is 26.7 Å². The van der Waals surface area contributed by atoms with Gasteiger partial charge in [-0.1, -0.05) is 12.6 Å². The van der Waals surface area contributed by atoms with E-state index in [2.05, 4.69) is 21.5 Å². The molecule has 5 N–H and O–H groups in total. The summed E-state index contributed by atoms with van der Waals surface area (Å²) in [6.45, 7) is 4.76. The zero-order valence-corrected chi connectivity index (χ0v) is 19.1. The third-order valence-electron chi connectivity index (χ3n) is 5.19. The Kier molecular flexibility index (Phi) is 7.71. The van der Waals surface area contributed by atoms with Crippen LogP contribution >= 0.6 is 0 Å². The van der Waals surface area contributed by atoms with Gasteiger partial charge in [0, 0.05) is 28.9 Å². The van der Waals surface area contributed by atoms with Gasteiger partial charge in [-0.25, -0.2) is 13.8 Å². The summed E-state index contributed by atoms with van der Waals surface area (Å²) in [5.74, 6) is -1.99. The molecule has 0 saturated carbocycles. The Labute approximate surface area is 203 Å². The van der Waals surface area contributed by atoms with Crippen LogP contribution in [0.25, 0.3) is 16.8 Å². The minimum absolute atomic E-state index is 0.0496. The lowest BCUT2D eigenvalue weighted by Crippen LogP contribution is -2.12. The number of hydrogen-bond donors (Lipinski definition) is 3. The molecule has 188 valence electrons. The number of carbonyl (C=O) groups is 1. The minimum Gasteiger partial charge on any atom is -0.398 e. The fourth-order valence-electron chi connectivity index (χ4n) is 3.32. The molecule has 2 aromatic carbocycles. The molecule has 0 radical (unpaired) electrons. The molecule has 0 unspecified atom stereocenters. The first-order valence-electron chi connectivity index (χ1n) is 10.5. The lowest BCUT2D eigenvalue weighted by molar-refractivity contribution is -0.132. The van der Waals surface area contributed by atoms with Crippen molar-refractivity contribution in [3.63, 3.8) is 0 Å². The maximum atomic E-state index is 14.2. The van der Waals surface area contributed by atoms with E-state index in [0.29, 0.717) is 22.4 Å². The van der Waals surface area contributed by atoms with Crippen LogP contribution in [0.2, 0.25) is 0 Å². The van der Waals surface area contributed by atoms with Gasteiger partial charge in [0.05, 0.1) is 18.3 Å². The first-order chi connectivity index (χ1) is 16.9. The Morgan fingerprint density at radius 2 is 1.86 bits per heavy atom. The average Bonchev–Trinajstić information content (AvgIpc) is 3.28. The molecule has 6 nitrogen and oxygen atoms in total. The number of amides is 1. The number of aromatic nitrogens is 2. The van der Waals surface area contributed by atoms with E-state index in [0.717, 1.165) is 18.2 Å². The zero-order valence-electron chi connectivity index (χ0n) is 19.1. The molecule has 0 aliphatic heterocycles. The van der Waals surface area contributed by atoms with Crippen molar-refractivity contribution in [3.05, 3.63) is 95.1 Å². The monoisotopic (exact) mass is 503 g/mol. The summed E-state index contributed by atoms with van der Waals surface area (Å²) < 4.78 is 65.9. The van der Waals surface area contributed by atoms with Crippen LogP contribution in [0.15, 0.2) is 65.9 Å². The van der Waals surface area contributed by atoms with Crippen LogP contribution in [0.5, 0.6) is 0 Å². The van der Waals surface area contributed by atoms with Crippen molar-refractivity contribution in [2.24, 2.45) is 16.5 Å². The number of benzene rings is 2. The third-order valence-corrected chi connectivity index (χ3v) is 5.19. The number of nitrogens with one attached hydrogen (secondary N) is 1. The standard InChI is InChI=1S/C25H22F5N5O/c1-13-9-15(3-5-17(13)23(32)36)22-12-34-24(35-22)21(33-8-7-25(28,29)30)11-20(31)14(2)18-10-16(26)4-6-19(18)27/h3-6,9-12H,2,7-8,31H2,1H3,(H2,32,36)(H,34,35). The number of alkyl halides is 3. The quantitative estimate of drug-likeness (QED) is 0.227. The summed E-state index contributed by atoms with van der Waals surface area (Å²) in [6, 6.07) is 7.60. The number of primary amides is 1. The molecule has 1 amide bonds. The number of nitrogens with two attached hydrogens (primary N) is 2. The number of nitrogens with zero attached hydrogens (tertiary/aromatic N) is 2. The van der Waals surface area contributed by atoms with E-state index in [-0.39, 0.29) is 28.4 Å². The summed E-state index contributed by atoms with van der Waals surface area (Å²) >= 11 is 0. The number of aliphatic imine (C=N–C) groups is 1. The maximum Gasteiger partial charge on any atom is 0.390 e. The van der Waals surface area contributed by atoms with Crippen molar-refractivity contribution in [1.29, 1.82) is 0 Å². The summed E-state index contributed by atoms with van der Waals surface area (Å²) in [5.41, 5.74) is 12.9. The number of rotatable bonds is 8. The second kappa shape index (κ2) is 10.5. The number of carbonyl (C=O) groups excluding carboxylic acids is 1.